The number of hydrogen-bond acceptors (Lipinski definition) is 4. The molecule has 0 radical (unpaired) electrons. The van der Waals surface area contributed by atoms with Crippen molar-refractivity contribution in [2.24, 2.45) is 5.73 Å². The summed E-state index contributed by atoms with van der Waals surface area (Å²) in [7, 11) is 3.30. The smallest absolute Gasteiger partial charge is 0.253 e. The molecule has 6 nitrogen and oxygen atoms in total. The van der Waals surface area contributed by atoms with E-state index in [-0.39, 0.29) is 18.4 Å². The van der Waals surface area contributed by atoms with E-state index in [1.54, 1.807) is 26.2 Å². The van der Waals surface area contributed by atoms with E-state index < -0.39 is 0 Å². The zero-order valence-electron chi connectivity index (χ0n) is 11.5. The molecule has 0 aliphatic heterocycles. The van der Waals surface area contributed by atoms with Gasteiger partial charge in [0.25, 0.3) is 5.91 Å². The van der Waals surface area contributed by atoms with Gasteiger partial charge in [0, 0.05) is 26.2 Å². The number of nitrogens with one attached hydrogen (secondary N) is 1. The lowest BCUT2D eigenvalue weighted by Gasteiger charge is -2.13. The molecule has 0 heterocycles. The molecule has 3 N–H and O–H groups in total. The average molecular weight is 300 g/mol. The van der Waals surface area contributed by atoms with Crippen LogP contribution in [-0.2, 0) is 9.53 Å². The van der Waals surface area contributed by atoms with Crippen LogP contribution in [0, 0.1) is 0 Å². The second-order valence-electron chi connectivity index (χ2n) is 4.28. The number of ether oxygens (including phenoxy) is 1. The van der Waals surface area contributed by atoms with Gasteiger partial charge < -0.3 is 20.7 Å². The Bertz CT molecular complexity index is 492. The Labute approximate surface area is 122 Å². The fraction of sp³-hybridized carbons (Fsp3) is 0.385. The molecule has 0 fully saturated rings. The lowest BCUT2D eigenvalue weighted by atomic mass is 10.2. The van der Waals surface area contributed by atoms with Crippen LogP contribution >= 0.6 is 11.6 Å². The van der Waals surface area contributed by atoms with E-state index in [1.165, 1.54) is 11.0 Å². The number of halogens is 1. The molecule has 1 aromatic carbocycles. The van der Waals surface area contributed by atoms with E-state index in [4.69, 9.17) is 22.1 Å². The summed E-state index contributed by atoms with van der Waals surface area (Å²) in [5, 5.41) is 2.95. The Hall–Kier alpha value is -1.63. The summed E-state index contributed by atoms with van der Waals surface area (Å²) >= 11 is 5.99. The van der Waals surface area contributed by atoms with Crippen LogP contribution in [0.2, 0.25) is 5.02 Å². The van der Waals surface area contributed by atoms with Gasteiger partial charge in [-0.1, -0.05) is 11.6 Å². The van der Waals surface area contributed by atoms with Crippen molar-refractivity contribution in [3.8, 4) is 0 Å². The van der Waals surface area contributed by atoms with Crippen LogP contribution in [0.15, 0.2) is 18.2 Å². The molecule has 7 heteroatoms. The van der Waals surface area contributed by atoms with E-state index >= 15 is 0 Å². The van der Waals surface area contributed by atoms with E-state index in [0.717, 1.165) is 0 Å². The van der Waals surface area contributed by atoms with E-state index in [0.29, 0.717) is 29.4 Å². The Balaban J connectivity index is 2.76. The average Bonchev–Trinajstić information content (AvgIpc) is 2.40. The Morgan fingerprint density at radius 1 is 1.40 bits per heavy atom. The van der Waals surface area contributed by atoms with Crippen LogP contribution in [0.25, 0.3) is 0 Å². The van der Waals surface area contributed by atoms with Gasteiger partial charge in [-0.15, -0.1) is 0 Å². The molecule has 1 aromatic rings. The maximum atomic E-state index is 11.8. The highest BCUT2D eigenvalue weighted by Gasteiger charge is 2.12. The van der Waals surface area contributed by atoms with Crippen LogP contribution in [0.1, 0.15) is 10.4 Å². The number of nitrogens with two attached hydrogens (primary N) is 1. The van der Waals surface area contributed by atoms with Crippen LogP contribution < -0.4 is 11.1 Å². The fourth-order valence-corrected chi connectivity index (χ4v) is 1.61. The van der Waals surface area contributed by atoms with Gasteiger partial charge in [-0.05, 0) is 18.2 Å². The number of rotatable bonds is 6. The lowest BCUT2D eigenvalue weighted by Crippen LogP contribution is -2.23. The van der Waals surface area contributed by atoms with Crippen molar-refractivity contribution in [2.45, 2.75) is 0 Å². The first-order chi connectivity index (χ1) is 9.45. The highest BCUT2D eigenvalue weighted by molar-refractivity contribution is 6.33. The molecule has 0 spiro atoms. The number of carbonyl (C=O) groups excluding carboxylic acids is 2. The quantitative estimate of drug-likeness (QED) is 0.766. The predicted molar refractivity (Wildman–Crippen MR) is 78.0 cm³/mol. The number of nitrogens with zero attached hydrogens (tertiary/aromatic N) is 1. The molecule has 1 rings (SSSR count). The second-order valence-corrected chi connectivity index (χ2v) is 4.69. The summed E-state index contributed by atoms with van der Waals surface area (Å²) in [5.41, 5.74) is 6.07. The Kier molecular flexibility index (Phi) is 6.44. The van der Waals surface area contributed by atoms with Gasteiger partial charge in [-0.2, -0.15) is 0 Å². The van der Waals surface area contributed by atoms with Gasteiger partial charge in [0.1, 0.15) is 6.61 Å². The third-order valence-corrected chi connectivity index (χ3v) is 2.72. The van der Waals surface area contributed by atoms with Crippen molar-refractivity contribution in [3.63, 3.8) is 0 Å². The summed E-state index contributed by atoms with van der Waals surface area (Å²) in [4.78, 5) is 24.9. The van der Waals surface area contributed by atoms with Gasteiger partial charge in [-0.3, -0.25) is 9.59 Å². The van der Waals surface area contributed by atoms with Gasteiger partial charge in [0.05, 0.1) is 17.3 Å². The molecule has 0 unspecified atom stereocenters. The monoisotopic (exact) mass is 299 g/mol. The van der Waals surface area contributed by atoms with Crippen molar-refractivity contribution >= 4 is 29.1 Å². The van der Waals surface area contributed by atoms with Gasteiger partial charge in [0.2, 0.25) is 5.91 Å². The molecule has 0 aromatic heterocycles. The number of hydrogen-bond donors (Lipinski definition) is 2. The molecular weight excluding hydrogens is 282 g/mol. The van der Waals surface area contributed by atoms with E-state index in [9.17, 15) is 9.59 Å². The second kappa shape index (κ2) is 7.84. The molecule has 0 aliphatic carbocycles. The zero-order valence-corrected chi connectivity index (χ0v) is 12.2. The molecule has 0 saturated carbocycles. The topological polar surface area (TPSA) is 84.7 Å². The largest absolute Gasteiger partial charge is 0.370 e. The van der Waals surface area contributed by atoms with Crippen LogP contribution in [0.5, 0.6) is 0 Å². The van der Waals surface area contributed by atoms with Crippen LogP contribution in [0.4, 0.5) is 5.69 Å². The number of benzene rings is 1. The van der Waals surface area contributed by atoms with E-state index in [2.05, 4.69) is 5.32 Å². The maximum absolute atomic E-state index is 11.8. The van der Waals surface area contributed by atoms with E-state index in [1.807, 2.05) is 0 Å². The normalized spacial score (nSPS) is 10.2. The molecule has 0 aliphatic rings. The molecule has 0 atom stereocenters. The summed E-state index contributed by atoms with van der Waals surface area (Å²) in [5.74, 6) is -0.522. The number of anilines is 1. The highest BCUT2D eigenvalue weighted by atomic mass is 35.5. The number of amides is 2. The Morgan fingerprint density at radius 3 is 2.70 bits per heavy atom. The van der Waals surface area contributed by atoms with Crippen LogP contribution in [0.3, 0.4) is 0 Å². The van der Waals surface area contributed by atoms with Gasteiger partial charge in [-0.25, -0.2) is 0 Å². The molecule has 20 heavy (non-hydrogen) atoms. The minimum absolute atomic E-state index is 0.112. The highest BCUT2D eigenvalue weighted by Crippen LogP contribution is 2.23. The number of carbonyl (C=O) groups is 2. The third-order valence-electron chi connectivity index (χ3n) is 2.39. The molecular formula is C13H18ClN3O3. The first-order valence-corrected chi connectivity index (χ1v) is 6.42. The standard InChI is InChI=1S/C13H18ClN3O3/c1-17(2)13(19)9-3-4-10(14)11(7-9)16-12(18)8-20-6-5-15/h3-4,7H,5-6,8,15H2,1-2H3,(H,16,18). The minimum Gasteiger partial charge on any atom is -0.370 e. The van der Waals surface area contributed by atoms with Gasteiger partial charge in [0.15, 0.2) is 0 Å². The third kappa shape index (κ3) is 4.80. The van der Waals surface area contributed by atoms with Gasteiger partial charge >= 0.3 is 0 Å². The summed E-state index contributed by atoms with van der Waals surface area (Å²) in [6, 6.07) is 4.70. The lowest BCUT2D eigenvalue weighted by molar-refractivity contribution is -0.120. The zero-order chi connectivity index (χ0) is 15.1. The summed E-state index contributed by atoms with van der Waals surface area (Å²) < 4.78 is 5.02. The first kappa shape index (κ1) is 16.4. The van der Waals surface area contributed by atoms with Crippen molar-refractivity contribution in [2.75, 3.05) is 39.2 Å². The minimum atomic E-state index is -0.352. The summed E-state index contributed by atoms with van der Waals surface area (Å²) in [6.07, 6.45) is 0. The molecule has 0 saturated heterocycles. The van der Waals surface area contributed by atoms with Crippen molar-refractivity contribution in [3.05, 3.63) is 28.8 Å². The Morgan fingerprint density at radius 2 is 2.10 bits per heavy atom. The van der Waals surface area contributed by atoms with Crippen molar-refractivity contribution in [1.82, 2.24) is 4.90 Å². The molecule has 2 amide bonds. The van der Waals surface area contributed by atoms with Crippen LogP contribution in [-0.4, -0.2) is 50.6 Å². The molecule has 110 valence electrons. The van der Waals surface area contributed by atoms with Crippen molar-refractivity contribution < 1.29 is 14.3 Å². The maximum Gasteiger partial charge on any atom is 0.253 e. The van der Waals surface area contributed by atoms with Crippen molar-refractivity contribution in [1.29, 1.82) is 0 Å². The predicted octanol–water partition coefficient (Wildman–Crippen LogP) is 0.956. The first-order valence-electron chi connectivity index (χ1n) is 6.04. The fourth-order valence-electron chi connectivity index (χ4n) is 1.45. The summed E-state index contributed by atoms with van der Waals surface area (Å²) in [6.45, 7) is 0.542. The SMILES string of the molecule is CN(C)C(=O)c1ccc(Cl)c(NC(=O)COCCN)c1. The molecule has 0 bridgehead atoms.